The molecule has 1 amide bonds. The van der Waals surface area contributed by atoms with Crippen molar-refractivity contribution >= 4 is 34.4 Å². The highest BCUT2D eigenvalue weighted by atomic mass is 19.1. The van der Waals surface area contributed by atoms with Crippen molar-refractivity contribution in [2.24, 2.45) is 0 Å². The van der Waals surface area contributed by atoms with Gasteiger partial charge in [-0.2, -0.15) is 0 Å². The van der Waals surface area contributed by atoms with Crippen molar-refractivity contribution in [2.75, 3.05) is 11.9 Å². The first kappa shape index (κ1) is 17.3. The van der Waals surface area contributed by atoms with Crippen LogP contribution in [0.4, 0.5) is 10.1 Å². The summed E-state index contributed by atoms with van der Waals surface area (Å²) >= 11 is 0. The third-order valence-electron chi connectivity index (χ3n) is 3.70. The minimum Gasteiger partial charge on any atom is -0.459 e. The molecule has 3 rings (SSSR count). The van der Waals surface area contributed by atoms with Crippen LogP contribution in [0.2, 0.25) is 0 Å². The number of aromatic nitrogens is 1. The number of fused-ring (bicyclic) bond motifs is 1. The van der Waals surface area contributed by atoms with E-state index in [4.69, 9.17) is 0 Å². The Labute approximate surface area is 148 Å². The maximum atomic E-state index is 13.3. The van der Waals surface area contributed by atoms with Gasteiger partial charge in [0, 0.05) is 22.8 Å². The number of rotatable bonds is 3. The lowest BCUT2D eigenvalue weighted by atomic mass is 10.2. The summed E-state index contributed by atoms with van der Waals surface area (Å²) in [7, 11) is 0. The number of hydrogen-bond donors (Lipinski definition) is 1. The molecule has 0 unspecified atom stereocenters. The van der Waals surface area contributed by atoms with E-state index in [1.165, 1.54) is 28.8 Å². The number of ether oxygens (including phenoxy) is 1. The first-order valence-electron chi connectivity index (χ1n) is 7.89. The second-order valence-corrected chi connectivity index (χ2v) is 5.45. The highest BCUT2D eigenvalue weighted by Gasteiger charge is 2.16. The largest absolute Gasteiger partial charge is 0.459 e. The number of nitrogens with one attached hydrogen (secondary N) is 1. The summed E-state index contributed by atoms with van der Waals surface area (Å²) in [6.45, 7) is 1.71. The van der Waals surface area contributed by atoms with E-state index in [-0.39, 0.29) is 18.1 Å². The fraction of sp³-hybridized carbons (Fsp3) is 0.105. The van der Waals surface area contributed by atoms with Crippen LogP contribution in [0.5, 0.6) is 0 Å². The molecule has 2 aromatic carbocycles. The minimum absolute atomic E-state index is 0.107. The SMILES string of the molecule is CCOC(=O)C(=O)Nc1ccc2c(ccn2C(=O)c2cccc(F)c2)c1. The van der Waals surface area contributed by atoms with Crippen molar-refractivity contribution in [3.63, 3.8) is 0 Å². The van der Waals surface area contributed by atoms with E-state index >= 15 is 0 Å². The standard InChI is InChI=1S/C19H15FN2O4/c1-2-26-19(25)17(23)21-15-6-7-16-12(11-15)8-9-22(16)18(24)13-4-3-5-14(20)10-13/h3-11H,2H2,1H3,(H,21,23). The molecular formula is C19H15FN2O4. The quantitative estimate of drug-likeness (QED) is 0.579. The normalized spacial score (nSPS) is 10.5. The van der Waals surface area contributed by atoms with Crippen molar-refractivity contribution in [1.29, 1.82) is 0 Å². The summed E-state index contributed by atoms with van der Waals surface area (Å²) < 4.78 is 19.4. The van der Waals surface area contributed by atoms with Crippen LogP contribution in [0.1, 0.15) is 17.3 Å². The van der Waals surface area contributed by atoms with Crippen molar-refractivity contribution in [2.45, 2.75) is 6.92 Å². The monoisotopic (exact) mass is 354 g/mol. The maximum Gasteiger partial charge on any atom is 0.397 e. The van der Waals surface area contributed by atoms with Crippen LogP contribution < -0.4 is 5.32 Å². The summed E-state index contributed by atoms with van der Waals surface area (Å²) in [5, 5.41) is 3.12. The lowest BCUT2D eigenvalue weighted by Gasteiger charge is -2.07. The van der Waals surface area contributed by atoms with Crippen molar-refractivity contribution in [1.82, 2.24) is 4.57 Å². The van der Waals surface area contributed by atoms with Gasteiger partial charge in [0.1, 0.15) is 5.82 Å². The zero-order chi connectivity index (χ0) is 18.7. The van der Waals surface area contributed by atoms with Crippen LogP contribution in [0.3, 0.4) is 0 Å². The number of amides is 1. The number of carbonyl (C=O) groups excluding carboxylic acids is 3. The van der Waals surface area contributed by atoms with E-state index in [2.05, 4.69) is 10.1 Å². The molecule has 7 heteroatoms. The summed E-state index contributed by atoms with van der Waals surface area (Å²) in [4.78, 5) is 35.6. The van der Waals surface area contributed by atoms with Gasteiger partial charge < -0.3 is 10.1 Å². The molecule has 26 heavy (non-hydrogen) atoms. The van der Waals surface area contributed by atoms with Gasteiger partial charge in [-0.1, -0.05) is 6.07 Å². The van der Waals surface area contributed by atoms with Crippen molar-refractivity contribution < 1.29 is 23.5 Å². The number of esters is 1. The highest BCUT2D eigenvalue weighted by Crippen LogP contribution is 2.22. The molecule has 6 nitrogen and oxygen atoms in total. The van der Waals surface area contributed by atoms with E-state index in [0.29, 0.717) is 16.6 Å². The third kappa shape index (κ3) is 3.46. The van der Waals surface area contributed by atoms with Gasteiger partial charge in [0.05, 0.1) is 12.1 Å². The van der Waals surface area contributed by atoms with Crippen LogP contribution in [0.15, 0.2) is 54.7 Å². The van der Waals surface area contributed by atoms with Crippen LogP contribution in [-0.4, -0.2) is 29.0 Å². The molecule has 0 spiro atoms. The molecule has 3 aromatic rings. The van der Waals surface area contributed by atoms with Crippen LogP contribution in [0.25, 0.3) is 10.9 Å². The topological polar surface area (TPSA) is 77.4 Å². The number of nitrogens with zero attached hydrogens (tertiary/aromatic N) is 1. The smallest absolute Gasteiger partial charge is 0.397 e. The van der Waals surface area contributed by atoms with E-state index in [1.807, 2.05) is 0 Å². The van der Waals surface area contributed by atoms with E-state index in [9.17, 15) is 18.8 Å². The second kappa shape index (κ2) is 7.18. The van der Waals surface area contributed by atoms with Gasteiger partial charge in [-0.05, 0) is 49.4 Å². The van der Waals surface area contributed by atoms with Crippen LogP contribution >= 0.6 is 0 Å². The number of halogens is 1. The fourth-order valence-corrected chi connectivity index (χ4v) is 2.54. The van der Waals surface area contributed by atoms with Gasteiger partial charge in [-0.15, -0.1) is 0 Å². The molecular weight excluding hydrogens is 339 g/mol. The lowest BCUT2D eigenvalue weighted by molar-refractivity contribution is -0.152. The Balaban J connectivity index is 1.86. The highest BCUT2D eigenvalue weighted by molar-refractivity contribution is 6.37. The molecule has 0 saturated heterocycles. The molecule has 0 aliphatic heterocycles. The lowest BCUT2D eigenvalue weighted by Crippen LogP contribution is -2.24. The summed E-state index contributed by atoms with van der Waals surface area (Å²) in [6.07, 6.45) is 1.56. The predicted molar refractivity (Wildman–Crippen MR) is 93.3 cm³/mol. The Bertz CT molecular complexity index is 1010. The zero-order valence-electron chi connectivity index (χ0n) is 13.9. The van der Waals surface area contributed by atoms with Crippen molar-refractivity contribution in [3.05, 3.63) is 66.1 Å². The van der Waals surface area contributed by atoms with Gasteiger partial charge in [0.25, 0.3) is 5.91 Å². The number of benzene rings is 2. The molecule has 0 radical (unpaired) electrons. The number of carbonyl (C=O) groups is 3. The first-order valence-corrected chi connectivity index (χ1v) is 7.89. The Morgan fingerprint density at radius 1 is 1.12 bits per heavy atom. The minimum atomic E-state index is -0.966. The van der Waals surface area contributed by atoms with E-state index in [0.717, 1.165) is 0 Å². The number of anilines is 1. The van der Waals surface area contributed by atoms with E-state index in [1.54, 1.807) is 37.4 Å². The van der Waals surface area contributed by atoms with Gasteiger partial charge in [-0.25, -0.2) is 9.18 Å². The van der Waals surface area contributed by atoms with Gasteiger partial charge >= 0.3 is 11.9 Å². The Morgan fingerprint density at radius 2 is 1.92 bits per heavy atom. The molecule has 1 N–H and O–H groups in total. The molecule has 0 aliphatic carbocycles. The second-order valence-electron chi connectivity index (χ2n) is 5.45. The molecule has 0 atom stereocenters. The molecule has 132 valence electrons. The van der Waals surface area contributed by atoms with Crippen LogP contribution in [0, 0.1) is 5.82 Å². The van der Waals surface area contributed by atoms with Gasteiger partial charge in [0.2, 0.25) is 0 Å². The molecule has 0 saturated carbocycles. The van der Waals surface area contributed by atoms with Crippen molar-refractivity contribution in [3.8, 4) is 0 Å². The average Bonchev–Trinajstić information content (AvgIpc) is 3.04. The fourth-order valence-electron chi connectivity index (χ4n) is 2.54. The average molecular weight is 354 g/mol. The van der Waals surface area contributed by atoms with Gasteiger partial charge in [-0.3, -0.25) is 14.2 Å². The predicted octanol–water partition coefficient (Wildman–Crippen LogP) is 2.97. The molecule has 0 fully saturated rings. The Hall–Kier alpha value is -3.48. The number of hydrogen-bond acceptors (Lipinski definition) is 4. The Morgan fingerprint density at radius 3 is 2.65 bits per heavy atom. The maximum absolute atomic E-state index is 13.3. The van der Waals surface area contributed by atoms with Crippen LogP contribution in [-0.2, 0) is 14.3 Å². The molecule has 1 aromatic heterocycles. The molecule has 0 bridgehead atoms. The summed E-state index contributed by atoms with van der Waals surface area (Å²) in [5.74, 6) is -2.70. The molecule has 0 aliphatic rings. The van der Waals surface area contributed by atoms with Gasteiger partial charge in [0.15, 0.2) is 0 Å². The summed E-state index contributed by atoms with van der Waals surface area (Å²) in [6, 6.07) is 11.9. The first-order chi connectivity index (χ1) is 12.5. The molecule has 1 heterocycles. The Kier molecular flexibility index (Phi) is 4.79. The zero-order valence-corrected chi connectivity index (χ0v) is 13.9. The van der Waals surface area contributed by atoms with E-state index < -0.39 is 17.7 Å². The summed E-state index contributed by atoms with van der Waals surface area (Å²) in [5.41, 5.74) is 1.21. The third-order valence-corrected chi connectivity index (χ3v) is 3.70.